The normalized spacial score (nSPS) is 14.7. The summed E-state index contributed by atoms with van der Waals surface area (Å²) in [6.07, 6.45) is 2.26. The zero-order valence-corrected chi connectivity index (χ0v) is 11.4. The summed E-state index contributed by atoms with van der Waals surface area (Å²) >= 11 is 0. The Morgan fingerprint density at radius 3 is 2.72 bits per heavy atom. The van der Waals surface area contributed by atoms with Crippen molar-refractivity contribution in [3.63, 3.8) is 0 Å². The molecule has 3 nitrogen and oxygen atoms in total. The van der Waals surface area contributed by atoms with Crippen LogP contribution in [0.4, 0.5) is 5.69 Å². The van der Waals surface area contributed by atoms with Gasteiger partial charge in [-0.25, -0.2) is 0 Å². The molecule has 3 heteroatoms. The minimum absolute atomic E-state index is 0.0930. The number of benzene rings is 1. The first-order valence-corrected chi connectivity index (χ1v) is 6.70. The van der Waals surface area contributed by atoms with Gasteiger partial charge in [-0.1, -0.05) is 32.0 Å². The van der Waals surface area contributed by atoms with Crippen molar-refractivity contribution in [1.82, 2.24) is 5.32 Å². The van der Waals surface area contributed by atoms with Crippen molar-refractivity contribution in [2.45, 2.75) is 45.6 Å². The minimum atomic E-state index is 0.0930. The molecule has 18 heavy (non-hydrogen) atoms. The summed E-state index contributed by atoms with van der Waals surface area (Å²) in [4.78, 5) is 11.7. The Morgan fingerprint density at radius 2 is 2.11 bits per heavy atom. The fourth-order valence-corrected chi connectivity index (χ4v) is 2.09. The van der Waals surface area contributed by atoms with Gasteiger partial charge in [-0.15, -0.1) is 0 Å². The molecule has 0 bridgehead atoms. The molecule has 2 N–H and O–H groups in total. The van der Waals surface area contributed by atoms with Crippen molar-refractivity contribution >= 4 is 11.6 Å². The SMILES string of the molecule is Cc1cccc(C(C)C)c1NCC(=O)NC1CC1. The summed E-state index contributed by atoms with van der Waals surface area (Å²) in [6, 6.07) is 6.70. The number of anilines is 1. The first-order valence-electron chi connectivity index (χ1n) is 6.70. The molecular weight excluding hydrogens is 224 g/mol. The number of amides is 1. The van der Waals surface area contributed by atoms with Crippen molar-refractivity contribution in [2.24, 2.45) is 0 Å². The van der Waals surface area contributed by atoms with Crippen LogP contribution >= 0.6 is 0 Å². The van der Waals surface area contributed by atoms with Gasteiger partial charge in [-0.05, 0) is 36.8 Å². The number of rotatable bonds is 5. The van der Waals surface area contributed by atoms with E-state index in [0.29, 0.717) is 18.5 Å². The Morgan fingerprint density at radius 1 is 1.39 bits per heavy atom. The molecule has 1 aromatic carbocycles. The number of carbonyl (C=O) groups excluding carboxylic acids is 1. The van der Waals surface area contributed by atoms with Gasteiger partial charge in [0.25, 0.3) is 0 Å². The van der Waals surface area contributed by atoms with Crippen molar-refractivity contribution in [3.05, 3.63) is 29.3 Å². The van der Waals surface area contributed by atoms with E-state index in [4.69, 9.17) is 0 Å². The summed E-state index contributed by atoms with van der Waals surface area (Å²) in [5.74, 6) is 0.550. The second-order valence-corrected chi connectivity index (χ2v) is 5.39. The van der Waals surface area contributed by atoms with Crippen LogP contribution in [-0.2, 0) is 4.79 Å². The quantitative estimate of drug-likeness (QED) is 0.838. The van der Waals surface area contributed by atoms with E-state index >= 15 is 0 Å². The van der Waals surface area contributed by atoms with Gasteiger partial charge in [0.1, 0.15) is 0 Å². The topological polar surface area (TPSA) is 41.1 Å². The molecule has 2 rings (SSSR count). The van der Waals surface area contributed by atoms with Crippen LogP contribution < -0.4 is 10.6 Å². The van der Waals surface area contributed by atoms with Gasteiger partial charge in [0, 0.05) is 11.7 Å². The molecule has 1 fully saturated rings. The third-order valence-electron chi connectivity index (χ3n) is 3.30. The lowest BCUT2D eigenvalue weighted by atomic mass is 9.98. The number of para-hydroxylation sites is 1. The highest BCUT2D eigenvalue weighted by atomic mass is 16.2. The number of aryl methyl sites for hydroxylation is 1. The smallest absolute Gasteiger partial charge is 0.239 e. The first-order chi connectivity index (χ1) is 8.58. The van der Waals surface area contributed by atoms with Crippen molar-refractivity contribution in [3.8, 4) is 0 Å². The molecule has 1 aliphatic rings. The Kier molecular flexibility index (Phi) is 3.90. The minimum Gasteiger partial charge on any atom is -0.376 e. The van der Waals surface area contributed by atoms with E-state index in [0.717, 1.165) is 18.5 Å². The molecule has 1 aliphatic carbocycles. The monoisotopic (exact) mass is 246 g/mol. The fourth-order valence-electron chi connectivity index (χ4n) is 2.09. The van der Waals surface area contributed by atoms with Crippen LogP contribution in [0.25, 0.3) is 0 Å². The van der Waals surface area contributed by atoms with Crippen molar-refractivity contribution in [2.75, 3.05) is 11.9 Å². The molecule has 0 saturated heterocycles. The molecule has 0 aromatic heterocycles. The Labute approximate surface area is 109 Å². The third kappa shape index (κ3) is 3.25. The van der Waals surface area contributed by atoms with Crippen LogP contribution in [0.5, 0.6) is 0 Å². The van der Waals surface area contributed by atoms with E-state index in [-0.39, 0.29) is 5.91 Å². The molecule has 0 atom stereocenters. The van der Waals surface area contributed by atoms with E-state index in [9.17, 15) is 4.79 Å². The van der Waals surface area contributed by atoms with Crippen molar-refractivity contribution < 1.29 is 4.79 Å². The predicted octanol–water partition coefficient (Wildman–Crippen LogP) is 2.81. The molecule has 1 saturated carbocycles. The van der Waals surface area contributed by atoms with Gasteiger partial charge in [0.05, 0.1) is 6.54 Å². The number of carbonyl (C=O) groups is 1. The van der Waals surface area contributed by atoms with Crippen LogP contribution in [0.1, 0.15) is 43.7 Å². The highest BCUT2D eigenvalue weighted by Crippen LogP contribution is 2.27. The third-order valence-corrected chi connectivity index (χ3v) is 3.30. The van der Waals surface area contributed by atoms with Gasteiger partial charge in [0.2, 0.25) is 5.91 Å². The lowest BCUT2D eigenvalue weighted by Crippen LogP contribution is -2.31. The molecule has 0 heterocycles. The highest BCUT2D eigenvalue weighted by molar-refractivity contribution is 5.81. The maximum absolute atomic E-state index is 11.7. The van der Waals surface area contributed by atoms with E-state index < -0.39 is 0 Å². The average Bonchev–Trinajstić information content (AvgIpc) is 3.10. The lowest BCUT2D eigenvalue weighted by Gasteiger charge is -2.17. The van der Waals surface area contributed by atoms with Gasteiger partial charge in [0.15, 0.2) is 0 Å². The Hall–Kier alpha value is -1.51. The van der Waals surface area contributed by atoms with Crippen LogP contribution in [0.2, 0.25) is 0 Å². The van der Waals surface area contributed by atoms with E-state index in [1.165, 1.54) is 11.1 Å². The molecule has 0 unspecified atom stereocenters. The van der Waals surface area contributed by atoms with Gasteiger partial charge in [-0.3, -0.25) is 4.79 Å². The van der Waals surface area contributed by atoms with Gasteiger partial charge < -0.3 is 10.6 Å². The number of hydrogen-bond acceptors (Lipinski definition) is 2. The zero-order chi connectivity index (χ0) is 13.1. The molecule has 0 aliphatic heterocycles. The van der Waals surface area contributed by atoms with E-state index in [1.54, 1.807) is 0 Å². The van der Waals surface area contributed by atoms with Gasteiger partial charge in [-0.2, -0.15) is 0 Å². The van der Waals surface area contributed by atoms with Crippen LogP contribution in [-0.4, -0.2) is 18.5 Å². The molecular formula is C15H22N2O. The first kappa shape index (κ1) is 12.9. The van der Waals surface area contributed by atoms with Crippen LogP contribution in [0, 0.1) is 6.92 Å². The summed E-state index contributed by atoms with van der Waals surface area (Å²) in [7, 11) is 0. The molecule has 1 amide bonds. The molecule has 0 radical (unpaired) electrons. The second-order valence-electron chi connectivity index (χ2n) is 5.39. The summed E-state index contributed by atoms with van der Waals surface area (Å²) in [6.45, 7) is 6.78. The van der Waals surface area contributed by atoms with Crippen molar-refractivity contribution in [1.29, 1.82) is 0 Å². The Bertz CT molecular complexity index is 436. The summed E-state index contributed by atoms with van der Waals surface area (Å²) in [5, 5.41) is 6.27. The summed E-state index contributed by atoms with van der Waals surface area (Å²) in [5.41, 5.74) is 3.58. The van der Waals surface area contributed by atoms with E-state index in [2.05, 4.69) is 49.6 Å². The lowest BCUT2D eigenvalue weighted by molar-refractivity contribution is -0.119. The molecule has 98 valence electrons. The molecule has 0 spiro atoms. The maximum atomic E-state index is 11.7. The Balaban J connectivity index is 2.00. The predicted molar refractivity (Wildman–Crippen MR) is 74.9 cm³/mol. The van der Waals surface area contributed by atoms with E-state index in [1.807, 2.05) is 0 Å². The standard InChI is InChI=1S/C15H22N2O/c1-10(2)13-6-4-5-11(3)15(13)16-9-14(18)17-12-7-8-12/h4-6,10,12,16H,7-9H2,1-3H3,(H,17,18). The average molecular weight is 246 g/mol. The number of hydrogen-bond donors (Lipinski definition) is 2. The second kappa shape index (κ2) is 5.42. The zero-order valence-electron chi connectivity index (χ0n) is 11.4. The molecule has 1 aromatic rings. The largest absolute Gasteiger partial charge is 0.376 e. The van der Waals surface area contributed by atoms with Gasteiger partial charge >= 0.3 is 0 Å². The summed E-state index contributed by atoms with van der Waals surface area (Å²) < 4.78 is 0. The van der Waals surface area contributed by atoms with Crippen LogP contribution in [0.15, 0.2) is 18.2 Å². The fraction of sp³-hybridized carbons (Fsp3) is 0.533. The highest BCUT2D eigenvalue weighted by Gasteiger charge is 2.23. The maximum Gasteiger partial charge on any atom is 0.239 e. The number of nitrogens with one attached hydrogen (secondary N) is 2. The van der Waals surface area contributed by atoms with Crippen LogP contribution in [0.3, 0.4) is 0 Å².